The number of pyridine rings is 1. The Balaban J connectivity index is 0.00000182. The molecule has 0 aliphatic carbocycles. The second-order valence-electron chi connectivity index (χ2n) is 6.61. The van der Waals surface area contributed by atoms with E-state index in [0.717, 1.165) is 36.5 Å². The summed E-state index contributed by atoms with van der Waals surface area (Å²) < 4.78 is 5.21. The van der Waals surface area contributed by atoms with E-state index in [0.29, 0.717) is 12.5 Å². The number of methoxy groups -OCH3 is 1. The molecule has 1 atom stereocenters. The quantitative estimate of drug-likeness (QED) is 0.791. The van der Waals surface area contributed by atoms with Crippen LogP contribution < -0.4 is 10.1 Å². The van der Waals surface area contributed by atoms with Gasteiger partial charge in [0.25, 0.3) is 5.91 Å². The van der Waals surface area contributed by atoms with E-state index in [1.54, 1.807) is 31.3 Å². The summed E-state index contributed by atoms with van der Waals surface area (Å²) in [6.07, 6.45) is 3.93. The zero-order chi connectivity index (χ0) is 17.6. The van der Waals surface area contributed by atoms with Gasteiger partial charge in [-0.1, -0.05) is 12.1 Å². The SMILES string of the molecule is COc1ccnc(CN(C)C(=O)c2cccc(CC3CCNC3)c2)c1.Cl.Cl. The molecule has 1 amide bonds. The molecule has 1 aromatic carbocycles. The first-order valence-corrected chi connectivity index (χ1v) is 8.70. The number of aromatic nitrogens is 1. The van der Waals surface area contributed by atoms with Crippen molar-refractivity contribution in [3.05, 3.63) is 59.4 Å². The lowest BCUT2D eigenvalue weighted by Crippen LogP contribution is -2.26. The number of hydrogen-bond acceptors (Lipinski definition) is 4. The monoisotopic (exact) mass is 411 g/mol. The maximum absolute atomic E-state index is 12.7. The van der Waals surface area contributed by atoms with Crippen molar-refractivity contribution in [3.8, 4) is 5.75 Å². The van der Waals surface area contributed by atoms with Gasteiger partial charge in [-0.3, -0.25) is 9.78 Å². The largest absolute Gasteiger partial charge is 0.497 e. The van der Waals surface area contributed by atoms with Crippen molar-refractivity contribution in [2.45, 2.75) is 19.4 Å². The fourth-order valence-electron chi connectivity index (χ4n) is 3.26. The van der Waals surface area contributed by atoms with Gasteiger partial charge in [-0.25, -0.2) is 0 Å². The zero-order valence-corrected chi connectivity index (χ0v) is 17.3. The van der Waals surface area contributed by atoms with Crippen LogP contribution in [0.1, 0.15) is 28.0 Å². The normalized spacial score (nSPS) is 15.4. The summed E-state index contributed by atoms with van der Waals surface area (Å²) >= 11 is 0. The van der Waals surface area contributed by atoms with Crippen molar-refractivity contribution < 1.29 is 9.53 Å². The molecule has 1 saturated heterocycles. The van der Waals surface area contributed by atoms with E-state index in [1.807, 2.05) is 24.3 Å². The molecule has 0 radical (unpaired) electrons. The minimum atomic E-state index is 0. The Morgan fingerprint density at radius 2 is 2.11 bits per heavy atom. The van der Waals surface area contributed by atoms with Crippen LogP contribution >= 0.6 is 24.8 Å². The average molecular weight is 412 g/mol. The van der Waals surface area contributed by atoms with Gasteiger partial charge in [0, 0.05) is 24.9 Å². The zero-order valence-electron chi connectivity index (χ0n) is 15.7. The third kappa shape index (κ3) is 6.38. The molecule has 1 aliphatic rings. The Morgan fingerprint density at radius 1 is 1.30 bits per heavy atom. The molecule has 1 N–H and O–H groups in total. The number of carbonyl (C=O) groups is 1. The molecule has 0 bridgehead atoms. The van der Waals surface area contributed by atoms with Crippen LogP contribution in [0.25, 0.3) is 0 Å². The van der Waals surface area contributed by atoms with Crippen molar-refractivity contribution >= 4 is 30.7 Å². The highest BCUT2D eigenvalue weighted by Crippen LogP contribution is 2.18. The van der Waals surface area contributed by atoms with Crippen LogP contribution in [0.5, 0.6) is 5.75 Å². The third-order valence-electron chi connectivity index (χ3n) is 4.63. The first-order chi connectivity index (χ1) is 12.2. The fraction of sp³-hybridized carbons (Fsp3) is 0.400. The van der Waals surface area contributed by atoms with Crippen LogP contribution in [0.3, 0.4) is 0 Å². The third-order valence-corrected chi connectivity index (χ3v) is 4.63. The van der Waals surface area contributed by atoms with Gasteiger partial charge < -0.3 is 15.0 Å². The minimum Gasteiger partial charge on any atom is -0.497 e. The summed E-state index contributed by atoms with van der Waals surface area (Å²) in [6, 6.07) is 11.6. The highest BCUT2D eigenvalue weighted by molar-refractivity contribution is 5.94. The lowest BCUT2D eigenvalue weighted by atomic mass is 9.97. The number of benzene rings is 1. The summed E-state index contributed by atoms with van der Waals surface area (Å²) in [7, 11) is 3.43. The van der Waals surface area contributed by atoms with Gasteiger partial charge >= 0.3 is 0 Å². The summed E-state index contributed by atoms with van der Waals surface area (Å²) in [5.74, 6) is 1.43. The summed E-state index contributed by atoms with van der Waals surface area (Å²) in [5, 5.41) is 3.39. The maximum atomic E-state index is 12.7. The summed E-state index contributed by atoms with van der Waals surface area (Å²) in [6.45, 7) is 2.62. The molecular formula is C20H27Cl2N3O2. The van der Waals surface area contributed by atoms with Crippen LogP contribution in [0.2, 0.25) is 0 Å². The molecule has 0 saturated carbocycles. The van der Waals surface area contributed by atoms with Crippen molar-refractivity contribution in [1.29, 1.82) is 0 Å². The molecule has 1 unspecified atom stereocenters. The number of nitrogens with zero attached hydrogens (tertiary/aromatic N) is 2. The lowest BCUT2D eigenvalue weighted by Gasteiger charge is -2.18. The first-order valence-electron chi connectivity index (χ1n) is 8.70. The molecule has 2 heterocycles. The average Bonchev–Trinajstić information content (AvgIpc) is 3.14. The molecule has 27 heavy (non-hydrogen) atoms. The summed E-state index contributed by atoms with van der Waals surface area (Å²) in [4.78, 5) is 18.7. The number of halogens is 2. The molecule has 148 valence electrons. The molecule has 5 nitrogen and oxygen atoms in total. The van der Waals surface area contributed by atoms with E-state index in [2.05, 4.69) is 16.4 Å². The molecule has 2 aromatic rings. The maximum Gasteiger partial charge on any atom is 0.253 e. The molecular weight excluding hydrogens is 385 g/mol. The molecule has 1 aromatic heterocycles. The molecule has 1 aliphatic heterocycles. The Kier molecular flexibility index (Phi) is 9.56. The number of rotatable bonds is 6. The highest BCUT2D eigenvalue weighted by Gasteiger charge is 2.17. The number of carbonyl (C=O) groups excluding carboxylic acids is 1. The highest BCUT2D eigenvalue weighted by atomic mass is 35.5. The topological polar surface area (TPSA) is 54.5 Å². The molecule has 1 fully saturated rings. The van der Waals surface area contributed by atoms with Gasteiger partial charge in [-0.15, -0.1) is 24.8 Å². The van der Waals surface area contributed by atoms with Crippen molar-refractivity contribution in [3.63, 3.8) is 0 Å². The van der Waals surface area contributed by atoms with E-state index in [4.69, 9.17) is 4.74 Å². The summed E-state index contributed by atoms with van der Waals surface area (Å²) in [5.41, 5.74) is 2.77. The Labute approximate surface area is 173 Å². The predicted molar refractivity (Wildman–Crippen MR) is 112 cm³/mol. The van der Waals surface area contributed by atoms with Gasteiger partial charge in [-0.2, -0.15) is 0 Å². The Morgan fingerprint density at radius 3 is 2.81 bits per heavy atom. The first kappa shape index (κ1) is 23.2. The van der Waals surface area contributed by atoms with Crippen LogP contribution in [-0.2, 0) is 13.0 Å². The van der Waals surface area contributed by atoms with Gasteiger partial charge in [0.1, 0.15) is 5.75 Å². The van der Waals surface area contributed by atoms with E-state index < -0.39 is 0 Å². The molecule has 0 spiro atoms. The predicted octanol–water partition coefficient (Wildman–Crippen LogP) is 3.36. The van der Waals surface area contributed by atoms with Crippen LogP contribution in [0.4, 0.5) is 0 Å². The van der Waals surface area contributed by atoms with Crippen LogP contribution in [-0.4, -0.2) is 43.0 Å². The Hall–Kier alpha value is -1.82. The second kappa shape index (κ2) is 11.1. The number of ether oxygens (including phenoxy) is 1. The fourth-order valence-corrected chi connectivity index (χ4v) is 3.26. The van der Waals surface area contributed by atoms with E-state index in [-0.39, 0.29) is 30.7 Å². The van der Waals surface area contributed by atoms with Gasteiger partial charge in [0.2, 0.25) is 0 Å². The van der Waals surface area contributed by atoms with Crippen molar-refractivity contribution in [2.24, 2.45) is 5.92 Å². The van der Waals surface area contributed by atoms with Crippen molar-refractivity contribution in [1.82, 2.24) is 15.2 Å². The Bertz CT molecular complexity index is 737. The van der Waals surface area contributed by atoms with Gasteiger partial charge in [0.05, 0.1) is 19.3 Å². The van der Waals surface area contributed by atoms with Crippen LogP contribution in [0, 0.1) is 5.92 Å². The molecule has 7 heteroatoms. The smallest absolute Gasteiger partial charge is 0.253 e. The minimum absolute atomic E-state index is 0. The number of nitrogens with one attached hydrogen (secondary N) is 1. The van der Waals surface area contributed by atoms with Gasteiger partial charge in [-0.05, 0) is 55.6 Å². The molecule has 3 rings (SSSR count). The van der Waals surface area contributed by atoms with Gasteiger partial charge in [0.15, 0.2) is 0 Å². The van der Waals surface area contributed by atoms with Crippen LogP contribution in [0.15, 0.2) is 42.6 Å². The number of amides is 1. The van der Waals surface area contributed by atoms with E-state index in [9.17, 15) is 4.79 Å². The van der Waals surface area contributed by atoms with E-state index >= 15 is 0 Å². The lowest BCUT2D eigenvalue weighted by molar-refractivity contribution is 0.0783. The van der Waals surface area contributed by atoms with Crippen molar-refractivity contribution in [2.75, 3.05) is 27.2 Å². The second-order valence-corrected chi connectivity index (χ2v) is 6.61. The van der Waals surface area contributed by atoms with E-state index in [1.165, 1.54) is 12.0 Å². The number of hydrogen-bond donors (Lipinski definition) is 1. The standard InChI is InChI=1S/C20H25N3O2.2ClH/c1-23(14-18-12-19(25-2)7-9-22-18)20(24)17-5-3-4-15(11-17)10-16-6-8-21-13-16;;/h3-5,7,9,11-12,16,21H,6,8,10,13-14H2,1-2H3;2*1H.